The van der Waals surface area contributed by atoms with Crippen molar-refractivity contribution in [3.8, 4) is 5.75 Å². The van der Waals surface area contributed by atoms with Crippen molar-refractivity contribution >= 4 is 11.8 Å². The Morgan fingerprint density at radius 2 is 1.89 bits per heavy atom. The van der Waals surface area contributed by atoms with Gasteiger partial charge < -0.3 is 9.47 Å². The summed E-state index contributed by atoms with van der Waals surface area (Å²) >= 11 is 0. The van der Waals surface area contributed by atoms with Gasteiger partial charge in [-0.3, -0.25) is 9.69 Å². The molecule has 140 valence electrons. The molecule has 0 saturated carbocycles. The van der Waals surface area contributed by atoms with Gasteiger partial charge in [0.2, 0.25) is 0 Å². The van der Waals surface area contributed by atoms with Gasteiger partial charge in [0.05, 0.1) is 24.7 Å². The van der Waals surface area contributed by atoms with Crippen LogP contribution in [-0.2, 0) is 11.3 Å². The molecule has 0 amide bonds. The first-order valence-electron chi connectivity index (χ1n) is 9.29. The minimum absolute atomic E-state index is 0.0403. The van der Waals surface area contributed by atoms with Crippen molar-refractivity contribution in [2.75, 3.05) is 20.2 Å². The molecule has 0 radical (unpaired) electrons. The maximum absolute atomic E-state index is 12.7. The predicted octanol–water partition coefficient (Wildman–Crippen LogP) is 3.47. The van der Waals surface area contributed by atoms with Crippen molar-refractivity contribution in [2.24, 2.45) is 0 Å². The van der Waals surface area contributed by atoms with Gasteiger partial charge in [-0.2, -0.15) is 0 Å². The third kappa shape index (κ3) is 3.60. The fourth-order valence-corrected chi connectivity index (χ4v) is 3.98. The fourth-order valence-electron chi connectivity index (χ4n) is 3.98. The molecule has 27 heavy (non-hydrogen) atoms. The normalized spacial score (nSPS) is 18.6. The summed E-state index contributed by atoms with van der Waals surface area (Å²) in [6.45, 7) is 2.72. The van der Waals surface area contributed by atoms with Crippen LogP contribution in [0.3, 0.4) is 0 Å². The largest absolute Gasteiger partial charge is 0.486 e. The van der Waals surface area contributed by atoms with E-state index in [1.54, 1.807) is 18.2 Å². The van der Waals surface area contributed by atoms with E-state index in [9.17, 15) is 9.59 Å². The lowest BCUT2D eigenvalue weighted by atomic mass is 9.82. The fraction of sp³-hybridized carbons (Fsp3) is 0.364. The summed E-state index contributed by atoms with van der Waals surface area (Å²) in [6.07, 6.45) is 2.01. The highest BCUT2D eigenvalue weighted by Crippen LogP contribution is 2.39. The lowest BCUT2D eigenvalue weighted by molar-refractivity contribution is -0.0107. The first-order chi connectivity index (χ1) is 13.1. The van der Waals surface area contributed by atoms with Gasteiger partial charge in [0.25, 0.3) is 0 Å². The van der Waals surface area contributed by atoms with Gasteiger partial charge in [-0.05, 0) is 23.8 Å². The second-order valence-corrected chi connectivity index (χ2v) is 7.35. The van der Waals surface area contributed by atoms with Crippen LogP contribution < -0.4 is 4.74 Å². The second kappa shape index (κ2) is 7.16. The Kier molecular flexibility index (Phi) is 4.70. The van der Waals surface area contributed by atoms with Crippen molar-refractivity contribution < 1.29 is 19.1 Å². The average molecular weight is 365 g/mol. The van der Waals surface area contributed by atoms with Gasteiger partial charge in [0.15, 0.2) is 5.78 Å². The Hall–Kier alpha value is -2.66. The number of carbonyl (C=O) groups is 2. The Morgan fingerprint density at radius 3 is 2.59 bits per heavy atom. The Bertz CT molecular complexity index is 854. The monoisotopic (exact) mass is 365 g/mol. The number of ketones is 1. The van der Waals surface area contributed by atoms with Crippen molar-refractivity contribution in [3.05, 3.63) is 65.2 Å². The average Bonchev–Trinajstić information content (AvgIpc) is 2.70. The van der Waals surface area contributed by atoms with Gasteiger partial charge in [-0.25, -0.2) is 4.79 Å². The number of benzene rings is 2. The minimum Gasteiger partial charge on any atom is -0.486 e. The van der Waals surface area contributed by atoms with Crippen molar-refractivity contribution in [2.45, 2.75) is 31.4 Å². The Morgan fingerprint density at radius 1 is 1.15 bits per heavy atom. The van der Waals surface area contributed by atoms with Crippen molar-refractivity contribution in [3.63, 3.8) is 0 Å². The molecule has 0 aromatic heterocycles. The van der Waals surface area contributed by atoms with Crippen molar-refractivity contribution in [1.29, 1.82) is 0 Å². The summed E-state index contributed by atoms with van der Waals surface area (Å²) in [5, 5.41) is 0. The quantitative estimate of drug-likeness (QED) is 0.780. The van der Waals surface area contributed by atoms with E-state index >= 15 is 0 Å². The zero-order valence-corrected chi connectivity index (χ0v) is 15.4. The number of fused-ring (bicyclic) bond motifs is 1. The van der Waals surface area contributed by atoms with E-state index in [-0.39, 0.29) is 5.78 Å². The van der Waals surface area contributed by atoms with E-state index < -0.39 is 11.6 Å². The molecule has 2 aliphatic rings. The van der Waals surface area contributed by atoms with Crippen LogP contribution in [-0.4, -0.2) is 42.5 Å². The first kappa shape index (κ1) is 17.7. The molecule has 5 nitrogen and oxygen atoms in total. The molecule has 5 heteroatoms. The summed E-state index contributed by atoms with van der Waals surface area (Å²) in [4.78, 5) is 26.9. The summed E-state index contributed by atoms with van der Waals surface area (Å²) < 4.78 is 11.0. The van der Waals surface area contributed by atoms with E-state index in [1.165, 1.54) is 12.7 Å². The SMILES string of the molecule is COC(=O)c1ccc2c(c1)C(=O)CC1(CCN(Cc3ccccc3)CC1)O2. The maximum atomic E-state index is 12.7. The van der Waals surface area contributed by atoms with E-state index in [0.717, 1.165) is 32.5 Å². The molecule has 0 unspecified atom stereocenters. The van der Waals surface area contributed by atoms with E-state index in [2.05, 4.69) is 29.2 Å². The summed E-state index contributed by atoms with van der Waals surface area (Å²) in [5.41, 5.74) is 1.73. The Balaban J connectivity index is 1.46. The van der Waals surface area contributed by atoms with E-state index in [0.29, 0.717) is 23.3 Å². The third-order valence-corrected chi connectivity index (χ3v) is 5.53. The van der Waals surface area contributed by atoms with Gasteiger partial charge in [0.1, 0.15) is 11.4 Å². The van der Waals surface area contributed by atoms with Crippen LogP contribution in [0, 0.1) is 0 Å². The van der Waals surface area contributed by atoms with E-state index in [4.69, 9.17) is 9.47 Å². The van der Waals surface area contributed by atoms with Gasteiger partial charge >= 0.3 is 5.97 Å². The maximum Gasteiger partial charge on any atom is 0.337 e. The van der Waals surface area contributed by atoms with Crippen LogP contribution in [0.4, 0.5) is 0 Å². The lowest BCUT2D eigenvalue weighted by Crippen LogP contribution is -2.50. The topological polar surface area (TPSA) is 55.8 Å². The van der Waals surface area contributed by atoms with Gasteiger partial charge in [0, 0.05) is 32.5 Å². The van der Waals surface area contributed by atoms with Crippen LogP contribution in [0.2, 0.25) is 0 Å². The molecule has 1 saturated heterocycles. The minimum atomic E-state index is -0.444. The summed E-state index contributed by atoms with van der Waals surface area (Å²) in [6, 6.07) is 15.4. The number of Topliss-reactive ketones (excluding diaryl/α,β-unsaturated/α-hetero) is 1. The van der Waals surface area contributed by atoms with Crippen LogP contribution in [0.5, 0.6) is 5.75 Å². The third-order valence-electron chi connectivity index (χ3n) is 5.53. The molecule has 0 bridgehead atoms. The molecule has 2 aliphatic heterocycles. The van der Waals surface area contributed by atoms with E-state index in [1.807, 2.05) is 6.07 Å². The number of hydrogen-bond acceptors (Lipinski definition) is 5. The highest BCUT2D eigenvalue weighted by Gasteiger charge is 2.43. The van der Waals surface area contributed by atoms with Crippen molar-refractivity contribution in [1.82, 2.24) is 4.90 Å². The molecule has 2 aromatic carbocycles. The number of carbonyl (C=O) groups excluding carboxylic acids is 2. The molecule has 1 spiro atoms. The Labute approximate surface area is 158 Å². The lowest BCUT2D eigenvalue weighted by Gasteiger charge is -2.44. The summed E-state index contributed by atoms with van der Waals surface area (Å²) in [5.74, 6) is 0.175. The highest BCUT2D eigenvalue weighted by atomic mass is 16.5. The molecule has 0 aliphatic carbocycles. The van der Waals surface area contributed by atoms with Gasteiger partial charge in [-0.1, -0.05) is 30.3 Å². The van der Waals surface area contributed by atoms with Crippen LogP contribution >= 0.6 is 0 Å². The first-order valence-corrected chi connectivity index (χ1v) is 9.29. The molecule has 0 N–H and O–H groups in total. The number of ether oxygens (including phenoxy) is 2. The number of rotatable bonds is 3. The number of hydrogen-bond donors (Lipinski definition) is 0. The molecular formula is C22H23NO4. The number of piperidine rings is 1. The standard InChI is InChI=1S/C22H23NO4/c1-26-21(25)17-7-8-20-18(13-17)19(24)14-22(27-20)9-11-23(12-10-22)15-16-5-3-2-4-6-16/h2-8,13H,9-12,14-15H2,1H3. The molecule has 2 heterocycles. The number of methoxy groups -OCH3 is 1. The second-order valence-electron chi connectivity index (χ2n) is 7.35. The zero-order valence-electron chi connectivity index (χ0n) is 15.4. The summed E-state index contributed by atoms with van der Waals surface area (Å²) in [7, 11) is 1.33. The molecule has 4 rings (SSSR count). The molecule has 1 fully saturated rings. The number of nitrogens with zero attached hydrogens (tertiary/aromatic N) is 1. The molecular weight excluding hydrogens is 342 g/mol. The zero-order chi connectivity index (χ0) is 18.9. The smallest absolute Gasteiger partial charge is 0.337 e. The number of likely N-dealkylation sites (tertiary alicyclic amines) is 1. The van der Waals surface area contributed by atoms with Gasteiger partial charge in [-0.15, -0.1) is 0 Å². The molecule has 0 atom stereocenters. The predicted molar refractivity (Wildman–Crippen MR) is 101 cm³/mol. The highest BCUT2D eigenvalue weighted by molar-refractivity contribution is 6.02. The molecule has 2 aromatic rings. The van der Waals surface area contributed by atoms with Crippen LogP contribution in [0.25, 0.3) is 0 Å². The van der Waals surface area contributed by atoms with Crippen LogP contribution in [0.15, 0.2) is 48.5 Å². The number of esters is 1. The van der Waals surface area contributed by atoms with Crippen LogP contribution in [0.1, 0.15) is 45.5 Å².